The predicted molar refractivity (Wildman–Crippen MR) is 66.6 cm³/mol. The smallest absolute Gasteiger partial charge is 0.343 e. The Bertz CT molecular complexity index is 443. The molecule has 0 atom stereocenters. The van der Waals surface area contributed by atoms with Crippen molar-refractivity contribution >= 4 is 23.5 Å². The highest BCUT2D eigenvalue weighted by Gasteiger charge is 2.13. The van der Waals surface area contributed by atoms with E-state index in [2.05, 4.69) is 15.9 Å². The van der Waals surface area contributed by atoms with E-state index in [1.807, 2.05) is 0 Å². The van der Waals surface area contributed by atoms with Gasteiger partial charge in [0, 0.05) is 18.4 Å². The first-order chi connectivity index (χ1) is 8.19. The summed E-state index contributed by atoms with van der Waals surface area (Å²) in [5.74, 6) is 2.85. The van der Waals surface area contributed by atoms with Gasteiger partial charge in [-0.1, -0.05) is 11.8 Å². The zero-order valence-corrected chi connectivity index (χ0v) is 10.3. The van der Waals surface area contributed by atoms with Crippen LogP contribution in [0, 0.1) is 12.3 Å². The Hall–Kier alpha value is -1.74. The maximum Gasteiger partial charge on any atom is 0.343 e. The van der Waals surface area contributed by atoms with Crippen LogP contribution >= 0.6 is 11.8 Å². The normalized spacial score (nSPS) is 9.65. The molecule has 2 N–H and O–H groups in total. The van der Waals surface area contributed by atoms with Gasteiger partial charge in [0.25, 0.3) is 0 Å². The molecule has 1 heterocycles. The molecule has 0 radical (unpaired) electrons. The summed E-state index contributed by atoms with van der Waals surface area (Å²) in [6.45, 7) is 2.01. The van der Waals surface area contributed by atoms with E-state index in [0.717, 1.165) is 0 Å². The molecule has 0 amide bonds. The monoisotopic (exact) mass is 251 g/mol. The van der Waals surface area contributed by atoms with Crippen molar-refractivity contribution in [2.24, 2.45) is 0 Å². The molecule has 0 aromatic carbocycles. The number of ether oxygens (including phenoxy) is 1. The first-order valence-corrected chi connectivity index (χ1v) is 6.03. The molecular formula is C11H13N3O2S. The molecule has 1 aromatic rings. The van der Waals surface area contributed by atoms with Crippen LogP contribution in [-0.4, -0.2) is 28.3 Å². The van der Waals surface area contributed by atoms with Crippen LogP contribution in [0.2, 0.25) is 0 Å². The number of hydrogen-bond acceptors (Lipinski definition) is 6. The van der Waals surface area contributed by atoms with Gasteiger partial charge in [0.2, 0.25) is 0 Å². The van der Waals surface area contributed by atoms with Crippen molar-refractivity contribution in [2.75, 3.05) is 18.1 Å². The summed E-state index contributed by atoms with van der Waals surface area (Å²) in [7, 11) is 0. The largest absolute Gasteiger partial charge is 0.462 e. The van der Waals surface area contributed by atoms with Crippen LogP contribution in [0.3, 0.4) is 0 Å². The van der Waals surface area contributed by atoms with Gasteiger partial charge in [0.05, 0.1) is 6.61 Å². The van der Waals surface area contributed by atoms with Crippen molar-refractivity contribution in [1.82, 2.24) is 9.97 Å². The second kappa shape index (κ2) is 6.76. The van der Waals surface area contributed by atoms with Gasteiger partial charge in [0.15, 0.2) is 5.16 Å². The van der Waals surface area contributed by atoms with E-state index in [-0.39, 0.29) is 18.0 Å². The van der Waals surface area contributed by atoms with Gasteiger partial charge in [-0.25, -0.2) is 14.8 Å². The van der Waals surface area contributed by atoms with E-state index in [9.17, 15) is 4.79 Å². The predicted octanol–water partition coefficient (Wildman–Crippen LogP) is 1.35. The number of aromatic nitrogens is 2. The van der Waals surface area contributed by atoms with Crippen LogP contribution in [0.5, 0.6) is 0 Å². The molecule has 0 spiro atoms. The highest BCUT2D eigenvalue weighted by Crippen LogP contribution is 2.17. The lowest BCUT2D eigenvalue weighted by molar-refractivity contribution is 0.0526. The number of nitrogen functional groups attached to an aromatic ring is 1. The molecule has 17 heavy (non-hydrogen) atoms. The van der Waals surface area contributed by atoms with Crippen molar-refractivity contribution < 1.29 is 9.53 Å². The van der Waals surface area contributed by atoms with Crippen molar-refractivity contribution in [3.05, 3.63) is 11.8 Å². The van der Waals surface area contributed by atoms with Crippen LogP contribution in [0.1, 0.15) is 23.7 Å². The third-order valence-corrected chi connectivity index (χ3v) is 2.63. The number of hydrogen-bond donors (Lipinski definition) is 1. The Balaban J connectivity index is 2.72. The van der Waals surface area contributed by atoms with E-state index < -0.39 is 5.97 Å². The number of nitrogens with zero attached hydrogens (tertiary/aromatic N) is 2. The fourth-order valence-electron chi connectivity index (χ4n) is 1.01. The molecule has 1 rings (SSSR count). The SMILES string of the molecule is C#CCCSc1ncc(C(=O)OCC)c(N)n1. The minimum Gasteiger partial charge on any atom is -0.462 e. The van der Waals surface area contributed by atoms with Gasteiger partial charge < -0.3 is 10.5 Å². The van der Waals surface area contributed by atoms with Crippen molar-refractivity contribution in [1.29, 1.82) is 0 Å². The lowest BCUT2D eigenvalue weighted by Crippen LogP contribution is -2.10. The first-order valence-electron chi connectivity index (χ1n) is 5.05. The molecule has 0 bridgehead atoms. The maximum atomic E-state index is 11.4. The number of esters is 1. The average molecular weight is 251 g/mol. The average Bonchev–Trinajstić information content (AvgIpc) is 2.29. The van der Waals surface area contributed by atoms with Crippen molar-refractivity contribution in [3.63, 3.8) is 0 Å². The summed E-state index contributed by atoms with van der Waals surface area (Å²) in [4.78, 5) is 19.4. The van der Waals surface area contributed by atoms with Gasteiger partial charge in [-0.15, -0.1) is 12.3 Å². The van der Waals surface area contributed by atoms with Crippen molar-refractivity contribution in [2.45, 2.75) is 18.5 Å². The lowest BCUT2D eigenvalue weighted by atomic mass is 10.3. The zero-order valence-electron chi connectivity index (χ0n) is 9.47. The minimum absolute atomic E-state index is 0.127. The highest BCUT2D eigenvalue weighted by atomic mass is 32.2. The molecule has 0 aliphatic rings. The minimum atomic E-state index is -0.509. The maximum absolute atomic E-state index is 11.4. The molecule has 0 unspecified atom stereocenters. The topological polar surface area (TPSA) is 78.1 Å². The van der Waals surface area contributed by atoms with Crippen LogP contribution in [0.15, 0.2) is 11.4 Å². The fraction of sp³-hybridized carbons (Fsp3) is 0.364. The molecule has 90 valence electrons. The second-order valence-electron chi connectivity index (χ2n) is 2.97. The third-order valence-electron chi connectivity index (χ3n) is 1.77. The molecule has 0 saturated carbocycles. The van der Waals surface area contributed by atoms with Crippen molar-refractivity contribution in [3.8, 4) is 12.3 Å². The Labute approximate surface area is 104 Å². The number of nitrogens with two attached hydrogens (primary N) is 1. The molecule has 5 nitrogen and oxygen atoms in total. The van der Waals surface area contributed by atoms with Crippen LogP contribution in [-0.2, 0) is 4.74 Å². The molecule has 0 aliphatic heterocycles. The number of carbonyl (C=O) groups excluding carboxylic acids is 1. The summed E-state index contributed by atoms with van der Waals surface area (Å²) in [6, 6.07) is 0. The van der Waals surface area contributed by atoms with E-state index >= 15 is 0 Å². The molecule has 0 aliphatic carbocycles. The van der Waals surface area contributed by atoms with Gasteiger partial charge in [0.1, 0.15) is 11.4 Å². The highest BCUT2D eigenvalue weighted by molar-refractivity contribution is 7.99. The Morgan fingerprint density at radius 3 is 3.06 bits per heavy atom. The van der Waals surface area contributed by atoms with E-state index in [0.29, 0.717) is 17.3 Å². The Morgan fingerprint density at radius 1 is 1.71 bits per heavy atom. The summed E-state index contributed by atoms with van der Waals surface area (Å²) in [5, 5.41) is 0.505. The first kappa shape index (κ1) is 13.3. The number of terminal acetylenes is 1. The van der Waals surface area contributed by atoms with Crippen LogP contribution in [0.25, 0.3) is 0 Å². The fourth-order valence-corrected chi connectivity index (χ4v) is 1.71. The summed E-state index contributed by atoms with van der Waals surface area (Å²) < 4.78 is 4.81. The number of thioether (sulfide) groups is 1. The van der Waals surface area contributed by atoms with E-state index in [1.54, 1.807) is 6.92 Å². The van der Waals surface area contributed by atoms with Crippen LogP contribution < -0.4 is 5.73 Å². The Morgan fingerprint density at radius 2 is 2.47 bits per heavy atom. The number of rotatable bonds is 5. The number of carbonyl (C=O) groups is 1. The quantitative estimate of drug-likeness (QED) is 0.280. The van der Waals surface area contributed by atoms with E-state index in [4.69, 9.17) is 16.9 Å². The van der Waals surface area contributed by atoms with Gasteiger partial charge >= 0.3 is 5.97 Å². The van der Waals surface area contributed by atoms with Gasteiger partial charge in [-0.05, 0) is 6.92 Å². The number of anilines is 1. The zero-order chi connectivity index (χ0) is 12.7. The Kier molecular flexibility index (Phi) is 5.30. The van der Waals surface area contributed by atoms with Gasteiger partial charge in [-0.2, -0.15) is 0 Å². The van der Waals surface area contributed by atoms with E-state index in [1.165, 1.54) is 18.0 Å². The molecule has 0 fully saturated rings. The van der Waals surface area contributed by atoms with Gasteiger partial charge in [-0.3, -0.25) is 0 Å². The molecular weight excluding hydrogens is 238 g/mol. The molecule has 0 saturated heterocycles. The summed E-state index contributed by atoms with van der Waals surface area (Å²) >= 11 is 1.40. The lowest BCUT2D eigenvalue weighted by Gasteiger charge is -2.05. The molecule has 1 aromatic heterocycles. The summed E-state index contributed by atoms with van der Waals surface area (Å²) in [5.41, 5.74) is 5.84. The van der Waals surface area contributed by atoms with Crippen LogP contribution in [0.4, 0.5) is 5.82 Å². The summed E-state index contributed by atoms with van der Waals surface area (Å²) in [6.07, 6.45) is 7.14. The molecule has 6 heteroatoms. The third kappa shape index (κ3) is 3.96. The standard InChI is InChI=1S/C11H13N3O2S/c1-3-5-6-17-11-13-7-8(9(12)14-11)10(15)16-4-2/h1,7H,4-6H2,2H3,(H2,12,13,14). The second-order valence-corrected chi connectivity index (χ2v) is 4.04.